The standard InChI is InChI=1S/C12H16N2O2S2/c1-8(11(16)13(2)3)14-10(15)7-18-12(14)9-4-5-17-6-9/h4-6,8,12H,7H2,1-3H3/t8-,12-/m1/s1. The van der Waals surface area contributed by atoms with Crippen LogP contribution in [0.15, 0.2) is 16.8 Å². The molecular formula is C12H16N2O2S2. The summed E-state index contributed by atoms with van der Waals surface area (Å²) in [6, 6.07) is 1.60. The lowest BCUT2D eigenvalue weighted by molar-refractivity contribution is -0.142. The summed E-state index contributed by atoms with van der Waals surface area (Å²) in [5, 5.41) is 4.01. The molecule has 98 valence electrons. The minimum absolute atomic E-state index is 0.0253. The van der Waals surface area contributed by atoms with E-state index in [2.05, 4.69) is 0 Å². The first kappa shape index (κ1) is 13.4. The van der Waals surface area contributed by atoms with Gasteiger partial charge < -0.3 is 9.80 Å². The summed E-state index contributed by atoms with van der Waals surface area (Å²) < 4.78 is 0. The number of thioether (sulfide) groups is 1. The highest BCUT2D eigenvalue weighted by Crippen LogP contribution is 2.40. The largest absolute Gasteiger partial charge is 0.347 e. The van der Waals surface area contributed by atoms with Crippen LogP contribution in [0.4, 0.5) is 0 Å². The Bertz CT molecular complexity index is 445. The molecule has 0 radical (unpaired) electrons. The smallest absolute Gasteiger partial charge is 0.244 e. The second-order valence-corrected chi connectivity index (χ2v) is 6.28. The molecule has 2 amide bonds. The molecule has 1 fully saturated rings. The highest BCUT2D eigenvalue weighted by atomic mass is 32.2. The fraction of sp³-hybridized carbons (Fsp3) is 0.500. The van der Waals surface area contributed by atoms with Gasteiger partial charge in [-0.05, 0) is 29.3 Å². The number of nitrogens with zero attached hydrogens (tertiary/aromatic N) is 2. The van der Waals surface area contributed by atoms with Crippen molar-refractivity contribution in [3.63, 3.8) is 0 Å². The summed E-state index contributed by atoms with van der Waals surface area (Å²) in [7, 11) is 3.43. The first-order chi connectivity index (χ1) is 8.52. The lowest BCUT2D eigenvalue weighted by Crippen LogP contribution is -2.46. The molecule has 2 rings (SSSR count). The molecule has 1 aliphatic rings. The van der Waals surface area contributed by atoms with Gasteiger partial charge in [-0.1, -0.05) is 0 Å². The van der Waals surface area contributed by atoms with Crippen LogP contribution in [0.5, 0.6) is 0 Å². The zero-order chi connectivity index (χ0) is 13.3. The number of carbonyl (C=O) groups excluding carboxylic acids is 2. The Morgan fingerprint density at radius 3 is 2.83 bits per heavy atom. The van der Waals surface area contributed by atoms with Gasteiger partial charge in [0.2, 0.25) is 11.8 Å². The second-order valence-electron chi connectivity index (χ2n) is 4.43. The third-order valence-corrected chi connectivity index (χ3v) is 4.88. The molecule has 0 unspecified atom stereocenters. The molecule has 1 aliphatic heterocycles. The van der Waals surface area contributed by atoms with Crippen molar-refractivity contribution in [2.45, 2.75) is 18.3 Å². The molecule has 2 heterocycles. The highest BCUT2D eigenvalue weighted by molar-refractivity contribution is 8.00. The maximum atomic E-state index is 12.0. The normalized spacial score (nSPS) is 21.2. The molecule has 18 heavy (non-hydrogen) atoms. The van der Waals surface area contributed by atoms with Crippen molar-refractivity contribution in [3.05, 3.63) is 22.4 Å². The number of thiophene rings is 1. The average molecular weight is 284 g/mol. The summed E-state index contributed by atoms with van der Waals surface area (Å²) in [6.07, 6.45) is 0. The molecule has 1 aromatic heterocycles. The molecule has 0 aliphatic carbocycles. The zero-order valence-corrected chi connectivity index (χ0v) is 12.3. The monoisotopic (exact) mass is 284 g/mol. The summed E-state index contributed by atoms with van der Waals surface area (Å²) in [4.78, 5) is 27.2. The summed E-state index contributed by atoms with van der Waals surface area (Å²) in [5.41, 5.74) is 1.11. The van der Waals surface area contributed by atoms with Gasteiger partial charge in [0.25, 0.3) is 0 Å². The number of hydrogen-bond donors (Lipinski definition) is 0. The molecule has 1 saturated heterocycles. The van der Waals surface area contributed by atoms with E-state index in [0.29, 0.717) is 5.75 Å². The van der Waals surface area contributed by atoms with Crippen molar-refractivity contribution in [1.82, 2.24) is 9.80 Å². The van der Waals surface area contributed by atoms with Crippen LogP contribution in [-0.2, 0) is 9.59 Å². The van der Waals surface area contributed by atoms with E-state index in [-0.39, 0.29) is 17.2 Å². The fourth-order valence-electron chi connectivity index (χ4n) is 2.02. The minimum atomic E-state index is -0.410. The molecule has 6 heteroatoms. The maximum Gasteiger partial charge on any atom is 0.244 e. The highest BCUT2D eigenvalue weighted by Gasteiger charge is 2.39. The van der Waals surface area contributed by atoms with E-state index in [4.69, 9.17) is 0 Å². The van der Waals surface area contributed by atoms with Gasteiger partial charge in [-0.15, -0.1) is 11.8 Å². The second kappa shape index (κ2) is 5.32. The average Bonchev–Trinajstić information content (AvgIpc) is 2.95. The van der Waals surface area contributed by atoms with Gasteiger partial charge in [0.15, 0.2) is 0 Å². The predicted octanol–water partition coefficient (Wildman–Crippen LogP) is 1.80. The summed E-state index contributed by atoms with van der Waals surface area (Å²) in [5.74, 6) is 0.455. The van der Waals surface area contributed by atoms with E-state index < -0.39 is 6.04 Å². The molecule has 2 atom stereocenters. The van der Waals surface area contributed by atoms with Crippen LogP contribution < -0.4 is 0 Å². The van der Waals surface area contributed by atoms with Crippen molar-refractivity contribution in [3.8, 4) is 0 Å². The van der Waals surface area contributed by atoms with Crippen LogP contribution in [0, 0.1) is 0 Å². The van der Waals surface area contributed by atoms with Crippen molar-refractivity contribution >= 4 is 34.9 Å². The van der Waals surface area contributed by atoms with Crippen molar-refractivity contribution in [2.24, 2.45) is 0 Å². The van der Waals surface area contributed by atoms with Gasteiger partial charge in [-0.2, -0.15) is 11.3 Å². The molecule has 1 aromatic rings. The van der Waals surface area contributed by atoms with E-state index >= 15 is 0 Å². The molecule has 0 aromatic carbocycles. The first-order valence-corrected chi connectivity index (χ1v) is 7.67. The van der Waals surface area contributed by atoms with Crippen molar-refractivity contribution in [2.75, 3.05) is 19.8 Å². The maximum absolute atomic E-state index is 12.0. The lowest BCUT2D eigenvalue weighted by Gasteiger charge is -2.30. The fourth-order valence-corrected chi connectivity index (χ4v) is 4.03. The Kier molecular flexibility index (Phi) is 3.97. The van der Waals surface area contributed by atoms with Gasteiger partial charge in [0, 0.05) is 14.1 Å². The molecular weight excluding hydrogens is 268 g/mol. The molecule has 0 saturated carbocycles. The molecule has 0 bridgehead atoms. The van der Waals surface area contributed by atoms with E-state index in [0.717, 1.165) is 5.56 Å². The summed E-state index contributed by atoms with van der Waals surface area (Å²) >= 11 is 3.20. The number of amides is 2. The number of rotatable bonds is 3. The van der Waals surface area contributed by atoms with E-state index in [1.165, 1.54) is 4.90 Å². The van der Waals surface area contributed by atoms with Crippen molar-refractivity contribution < 1.29 is 9.59 Å². The van der Waals surface area contributed by atoms with Gasteiger partial charge in [-0.3, -0.25) is 9.59 Å². The van der Waals surface area contributed by atoms with Crippen LogP contribution in [-0.4, -0.2) is 47.5 Å². The summed E-state index contributed by atoms with van der Waals surface area (Å²) in [6.45, 7) is 1.80. The Morgan fingerprint density at radius 1 is 1.56 bits per heavy atom. The molecule has 4 nitrogen and oxygen atoms in total. The zero-order valence-electron chi connectivity index (χ0n) is 10.6. The predicted molar refractivity (Wildman–Crippen MR) is 74.5 cm³/mol. The van der Waals surface area contributed by atoms with E-state index in [1.54, 1.807) is 49.0 Å². The van der Waals surface area contributed by atoms with Crippen LogP contribution in [0.2, 0.25) is 0 Å². The Balaban J connectivity index is 2.23. The quantitative estimate of drug-likeness (QED) is 0.850. The van der Waals surface area contributed by atoms with Gasteiger partial charge in [-0.25, -0.2) is 0 Å². The number of carbonyl (C=O) groups is 2. The SMILES string of the molecule is C[C@H](C(=O)N(C)C)N1C(=O)CS[C@@H]1c1ccsc1. The number of hydrogen-bond acceptors (Lipinski definition) is 4. The Morgan fingerprint density at radius 2 is 2.28 bits per heavy atom. The van der Waals surface area contributed by atoms with Crippen LogP contribution in [0.25, 0.3) is 0 Å². The van der Waals surface area contributed by atoms with Crippen LogP contribution >= 0.6 is 23.1 Å². The minimum Gasteiger partial charge on any atom is -0.347 e. The van der Waals surface area contributed by atoms with Gasteiger partial charge in [0.1, 0.15) is 11.4 Å². The third-order valence-electron chi connectivity index (χ3n) is 2.95. The third kappa shape index (κ3) is 2.40. The van der Waals surface area contributed by atoms with Gasteiger partial charge >= 0.3 is 0 Å². The first-order valence-electron chi connectivity index (χ1n) is 5.68. The molecule has 0 spiro atoms. The van der Waals surface area contributed by atoms with Crippen molar-refractivity contribution in [1.29, 1.82) is 0 Å². The van der Waals surface area contributed by atoms with Gasteiger partial charge in [0.05, 0.1) is 5.75 Å². The van der Waals surface area contributed by atoms with Crippen LogP contribution in [0.1, 0.15) is 17.9 Å². The van der Waals surface area contributed by atoms with E-state index in [9.17, 15) is 9.59 Å². The molecule has 0 N–H and O–H groups in total. The van der Waals surface area contributed by atoms with Crippen LogP contribution in [0.3, 0.4) is 0 Å². The topological polar surface area (TPSA) is 40.6 Å². The Labute approximate surface area is 115 Å². The van der Waals surface area contributed by atoms with E-state index in [1.807, 2.05) is 16.8 Å². The lowest BCUT2D eigenvalue weighted by atomic mass is 10.2. The number of likely N-dealkylation sites (N-methyl/N-ethyl adjacent to an activating group) is 1. The Hall–Kier alpha value is -1.01.